The van der Waals surface area contributed by atoms with Crippen molar-refractivity contribution in [3.05, 3.63) is 35.5 Å². The molecule has 0 aromatic rings. The van der Waals surface area contributed by atoms with E-state index < -0.39 is 23.7 Å². The summed E-state index contributed by atoms with van der Waals surface area (Å²) in [7, 11) is 0. The van der Waals surface area contributed by atoms with Gasteiger partial charge < -0.3 is 20.3 Å². The molecule has 4 saturated carbocycles. The van der Waals surface area contributed by atoms with Crippen molar-refractivity contribution in [3.8, 4) is 0 Å². The predicted octanol–water partition coefficient (Wildman–Crippen LogP) is 9.60. The van der Waals surface area contributed by atoms with E-state index in [2.05, 4.69) is 65.6 Å². The highest BCUT2D eigenvalue weighted by Crippen LogP contribution is 2.76. The van der Waals surface area contributed by atoms with Crippen molar-refractivity contribution >= 4 is 5.97 Å². The quantitative estimate of drug-likeness (QED) is 0.221. The molecule has 0 aromatic heterocycles. The van der Waals surface area contributed by atoms with Crippen LogP contribution in [0.2, 0.25) is 0 Å². The van der Waals surface area contributed by atoms with Gasteiger partial charge in [-0.15, -0.1) is 0 Å². The molecule has 0 radical (unpaired) electrons. The standard InChI is InChI=1S/C44H68FNO4/c1-29(2)31-12-19-44(46-25-22-43(49)23-26-50-27-24-43)21-20-40(6)33(36(31)44)8-9-35-39(5)15-13-32(38(3,4)34(39)14-16-41(35,40)7)30-10-17-42(28-45,18-11-30)37(47)48/h10,13,31,33-36,46,49H,1,8-9,11-12,14-28H2,2-7H3,(H,47,48). The van der Waals surface area contributed by atoms with E-state index in [4.69, 9.17) is 4.74 Å². The van der Waals surface area contributed by atoms with E-state index in [1.807, 2.05) is 0 Å². The molecule has 280 valence electrons. The Morgan fingerprint density at radius 2 is 1.66 bits per heavy atom. The van der Waals surface area contributed by atoms with Gasteiger partial charge in [-0.1, -0.05) is 58.9 Å². The summed E-state index contributed by atoms with van der Waals surface area (Å²) in [5.41, 5.74) is 3.08. The van der Waals surface area contributed by atoms with E-state index in [1.165, 1.54) is 68.1 Å². The Labute approximate surface area is 302 Å². The molecule has 7 rings (SSSR count). The Morgan fingerprint density at radius 3 is 2.30 bits per heavy atom. The molecule has 0 spiro atoms. The van der Waals surface area contributed by atoms with Crippen LogP contribution in [0.4, 0.5) is 4.39 Å². The molecule has 50 heavy (non-hydrogen) atoms. The van der Waals surface area contributed by atoms with Gasteiger partial charge in [0.05, 0.1) is 11.0 Å². The number of aliphatic carboxylic acids is 1. The molecule has 10 atom stereocenters. The van der Waals surface area contributed by atoms with Crippen LogP contribution in [0.5, 0.6) is 0 Å². The molecule has 1 saturated heterocycles. The van der Waals surface area contributed by atoms with E-state index in [-0.39, 0.29) is 27.2 Å². The molecule has 6 heteroatoms. The van der Waals surface area contributed by atoms with Gasteiger partial charge in [-0.25, -0.2) is 4.39 Å². The first kappa shape index (κ1) is 36.8. The van der Waals surface area contributed by atoms with Crippen LogP contribution < -0.4 is 5.32 Å². The van der Waals surface area contributed by atoms with Gasteiger partial charge in [0.1, 0.15) is 6.67 Å². The smallest absolute Gasteiger partial charge is 0.312 e. The molecule has 5 fully saturated rings. The molecule has 0 bridgehead atoms. The average molecular weight is 694 g/mol. The van der Waals surface area contributed by atoms with Gasteiger partial charge in [0.25, 0.3) is 0 Å². The number of allylic oxidation sites excluding steroid dienone is 5. The zero-order valence-corrected chi connectivity index (χ0v) is 32.3. The number of carbonyl (C=O) groups is 1. The number of fused-ring (bicyclic) bond motifs is 7. The topological polar surface area (TPSA) is 78.8 Å². The maximum absolute atomic E-state index is 14.0. The van der Waals surface area contributed by atoms with Crippen LogP contribution >= 0.6 is 0 Å². The second-order valence-corrected chi connectivity index (χ2v) is 20.1. The molecule has 1 aliphatic heterocycles. The monoisotopic (exact) mass is 694 g/mol. The van der Waals surface area contributed by atoms with E-state index in [0.29, 0.717) is 62.1 Å². The van der Waals surface area contributed by atoms with Crippen molar-refractivity contribution in [2.75, 3.05) is 26.4 Å². The van der Waals surface area contributed by atoms with Gasteiger partial charge in [0, 0.05) is 18.8 Å². The lowest BCUT2D eigenvalue weighted by Crippen LogP contribution is -2.68. The average Bonchev–Trinajstić information content (AvgIpc) is 3.45. The lowest BCUT2D eigenvalue weighted by atomic mass is 9.33. The third-order valence-corrected chi connectivity index (χ3v) is 17.8. The highest BCUT2D eigenvalue weighted by atomic mass is 19.1. The van der Waals surface area contributed by atoms with Crippen molar-refractivity contribution in [2.45, 2.75) is 149 Å². The maximum Gasteiger partial charge on any atom is 0.312 e. The molecule has 10 unspecified atom stereocenters. The number of carboxylic acids is 1. The second-order valence-electron chi connectivity index (χ2n) is 20.1. The summed E-state index contributed by atoms with van der Waals surface area (Å²) in [5.74, 6) is 2.06. The van der Waals surface area contributed by atoms with Crippen molar-refractivity contribution < 1.29 is 24.1 Å². The number of rotatable bonds is 8. The minimum Gasteiger partial charge on any atom is -0.481 e. The van der Waals surface area contributed by atoms with Gasteiger partial charge >= 0.3 is 5.97 Å². The normalized spacial score (nSPS) is 46.4. The lowest BCUT2D eigenvalue weighted by Gasteiger charge is -2.72. The summed E-state index contributed by atoms with van der Waals surface area (Å²) >= 11 is 0. The van der Waals surface area contributed by atoms with Crippen molar-refractivity contribution in [1.29, 1.82) is 0 Å². The number of alkyl halides is 1. The third-order valence-electron chi connectivity index (χ3n) is 17.8. The first-order chi connectivity index (χ1) is 23.5. The summed E-state index contributed by atoms with van der Waals surface area (Å²) in [6.45, 7) is 21.3. The number of nitrogens with one attached hydrogen (secondary N) is 1. The van der Waals surface area contributed by atoms with Crippen molar-refractivity contribution in [2.24, 2.45) is 56.7 Å². The van der Waals surface area contributed by atoms with E-state index in [9.17, 15) is 19.4 Å². The van der Waals surface area contributed by atoms with E-state index in [0.717, 1.165) is 32.2 Å². The van der Waals surface area contributed by atoms with Crippen LogP contribution in [-0.4, -0.2) is 53.8 Å². The molecule has 1 heterocycles. The first-order valence-corrected chi connectivity index (χ1v) is 20.4. The van der Waals surface area contributed by atoms with Crippen LogP contribution in [0.25, 0.3) is 0 Å². The highest BCUT2D eigenvalue weighted by Gasteiger charge is 2.70. The summed E-state index contributed by atoms with van der Waals surface area (Å²) in [4.78, 5) is 12.0. The summed E-state index contributed by atoms with van der Waals surface area (Å²) in [6, 6.07) is 0. The second kappa shape index (κ2) is 12.5. The van der Waals surface area contributed by atoms with Crippen LogP contribution in [-0.2, 0) is 9.53 Å². The minimum absolute atomic E-state index is 0.00643. The zero-order chi connectivity index (χ0) is 36.0. The number of ether oxygens (including phenoxy) is 1. The molecular formula is C44H68FNO4. The largest absolute Gasteiger partial charge is 0.481 e. The Morgan fingerprint density at radius 1 is 0.920 bits per heavy atom. The van der Waals surface area contributed by atoms with E-state index >= 15 is 0 Å². The fourth-order valence-corrected chi connectivity index (χ4v) is 14.7. The van der Waals surface area contributed by atoms with Gasteiger partial charge in [0.2, 0.25) is 0 Å². The summed E-state index contributed by atoms with van der Waals surface area (Å²) in [5, 5.41) is 25.3. The maximum atomic E-state index is 14.0. The number of halogens is 1. The highest BCUT2D eigenvalue weighted by molar-refractivity contribution is 5.75. The molecule has 5 nitrogen and oxygen atoms in total. The molecule has 7 aliphatic rings. The van der Waals surface area contributed by atoms with E-state index in [1.54, 1.807) is 0 Å². The summed E-state index contributed by atoms with van der Waals surface area (Å²) in [6.07, 6.45) is 19.4. The Balaban J connectivity index is 1.15. The number of hydrogen-bond acceptors (Lipinski definition) is 4. The Bertz CT molecular complexity index is 1430. The number of carboxylic acid groups (broad SMARTS) is 1. The Kier molecular flexibility index (Phi) is 9.24. The zero-order valence-electron chi connectivity index (χ0n) is 32.3. The molecule has 0 amide bonds. The van der Waals surface area contributed by atoms with Gasteiger partial charge in [0.15, 0.2) is 0 Å². The van der Waals surface area contributed by atoms with Crippen LogP contribution in [0.3, 0.4) is 0 Å². The summed E-state index contributed by atoms with van der Waals surface area (Å²) < 4.78 is 19.5. The molecular weight excluding hydrogens is 625 g/mol. The van der Waals surface area contributed by atoms with Crippen molar-refractivity contribution in [1.82, 2.24) is 5.32 Å². The van der Waals surface area contributed by atoms with Gasteiger partial charge in [-0.05, 0) is 172 Å². The Hall–Kier alpha value is -1.50. The lowest BCUT2D eigenvalue weighted by molar-refractivity contribution is -0.221. The van der Waals surface area contributed by atoms with Crippen LogP contribution in [0.1, 0.15) is 138 Å². The fraction of sp³-hybridized carbons (Fsp3) is 0.841. The predicted molar refractivity (Wildman–Crippen MR) is 198 cm³/mol. The molecule has 6 aliphatic carbocycles. The van der Waals surface area contributed by atoms with Gasteiger partial charge in [-0.3, -0.25) is 4.79 Å². The van der Waals surface area contributed by atoms with Crippen molar-refractivity contribution in [3.63, 3.8) is 0 Å². The van der Waals surface area contributed by atoms with Gasteiger partial charge in [-0.2, -0.15) is 0 Å². The first-order valence-electron chi connectivity index (χ1n) is 20.4. The number of hydrogen-bond donors (Lipinski definition) is 3. The van der Waals surface area contributed by atoms with Crippen LogP contribution in [0.15, 0.2) is 35.5 Å². The number of aliphatic hydroxyl groups is 1. The SMILES string of the molecule is C=C(C)C1CCC2(NCCC3(O)CCOCC3)CCC3(C)C(CCC4C5(C)CC=C(C6=CCC(CF)(C(=O)O)CC6)C(C)(C)C5CCC43C)C12. The minimum atomic E-state index is -1.25. The fourth-order valence-electron chi connectivity index (χ4n) is 14.7. The third kappa shape index (κ3) is 5.32. The molecule has 3 N–H and O–H groups in total. The molecule has 0 aromatic carbocycles. The van der Waals surface area contributed by atoms with Crippen LogP contribution in [0, 0.1) is 56.7 Å².